The van der Waals surface area contributed by atoms with Crippen LogP contribution in [0.5, 0.6) is 0 Å². The van der Waals surface area contributed by atoms with Gasteiger partial charge in [-0.3, -0.25) is 0 Å². The highest BCUT2D eigenvalue weighted by Gasteiger charge is 2.16. The van der Waals surface area contributed by atoms with E-state index in [9.17, 15) is 13.6 Å². The molecule has 0 amide bonds. The molecule has 16 heavy (non-hydrogen) atoms. The number of hydrogen-bond donors (Lipinski definition) is 1. The number of nitrogen functional groups attached to an aromatic ring is 1. The number of ether oxygens (including phenoxy) is 2. The van der Waals surface area contributed by atoms with Gasteiger partial charge in [-0.1, -0.05) is 0 Å². The molecular weight excluding hydrogens is 220 g/mol. The van der Waals surface area contributed by atoms with E-state index in [2.05, 4.69) is 9.47 Å². The average molecular weight is 231 g/mol. The molecule has 0 aromatic heterocycles. The van der Waals surface area contributed by atoms with Crippen molar-refractivity contribution >= 4 is 11.7 Å². The molecule has 0 saturated carbocycles. The predicted molar refractivity (Wildman–Crippen MR) is 52.9 cm³/mol. The lowest BCUT2D eigenvalue weighted by Crippen LogP contribution is -2.12. The van der Waals surface area contributed by atoms with Gasteiger partial charge in [-0.2, -0.15) is 0 Å². The van der Waals surface area contributed by atoms with E-state index in [1.165, 1.54) is 7.11 Å². The summed E-state index contributed by atoms with van der Waals surface area (Å²) in [5.74, 6) is -2.73. The van der Waals surface area contributed by atoms with Crippen LogP contribution in [0.4, 0.5) is 14.5 Å². The second kappa shape index (κ2) is 5.41. The standard InChI is InChI=1S/C10H11F2NO3/c1-15-2-3-16-10(14)6-4-8(12)9(13)5-7(6)11/h4-5H,2-3,13H2,1H3. The minimum Gasteiger partial charge on any atom is -0.460 e. The highest BCUT2D eigenvalue weighted by molar-refractivity contribution is 5.90. The Labute approximate surface area is 91.0 Å². The largest absolute Gasteiger partial charge is 0.460 e. The summed E-state index contributed by atoms with van der Waals surface area (Å²) in [5.41, 5.74) is 4.29. The number of methoxy groups -OCH3 is 1. The number of hydrogen-bond acceptors (Lipinski definition) is 4. The van der Waals surface area contributed by atoms with Gasteiger partial charge in [-0.15, -0.1) is 0 Å². The molecule has 1 rings (SSSR count). The molecule has 0 saturated heterocycles. The second-order valence-corrected chi connectivity index (χ2v) is 2.98. The normalized spacial score (nSPS) is 10.2. The summed E-state index contributed by atoms with van der Waals surface area (Å²) in [6.45, 7) is 0.158. The summed E-state index contributed by atoms with van der Waals surface area (Å²) in [5, 5.41) is 0. The Morgan fingerprint density at radius 1 is 1.31 bits per heavy atom. The van der Waals surface area contributed by atoms with Crippen molar-refractivity contribution in [2.75, 3.05) is 26.1 Å². The van der Waals surface area contributed by atoms with Crippen LogP contribution < -0.4 is 5.73 Å². The first kappa shape index (κ1) is 12.4. The topological polar surface area (TPSA) is 61.5 Å². The Balaban J connectivity index is 2.79. The van der Waals surface area contributed by atoms with Crippen molar-refractivity contribution in [2.24, 2.45) is 0 Å². The van der Waals surface area contributed by atoms with Gasteiger partial charge in [0, 0.05) is 13.2 Å². The van der Waals surface area contributed by atoms with Crippen LogP contribution in [0.25, 0.3) is 0 Å². The van der Waals surface area contributed by atoms with Gasteiger partial charge < -0.3 is 15.2 Å². The second-order valence-electron chi connectivity index (χ2n) is 2.98. The lowest BCUT2D eigenvalue weighted by Gasteiger charge is -2.06. The molecule has 88 valence electrons. The number of esters is 1. The van der Waals surface area contributed by atoms with E-state index >= 15 is 0 Å². The summed E-state index contributed by atoms with van der Waals surface area (Å²) in [6, 6.07) is 1.45. The van der Waals surface area contributed by atoms with Crippen LogP contribution in [-0.4, -0.2) is 26.3 Å². The maximum absolute atomic E-state index is 13.2. The monoisotopic (exact) mass is 231 g/mol. The third kappa shape index (κ3) is 2.90. The zero-order valence-electron chi connectivity index (χ0n) is 8.63. The molecule has 0 unspecified atom stereocenters. The molecule has 0 heterocycles. The van der Waals surface area contributed by atoms with Crippen molar-refractivity contribution in [3.05, 3.63) is 29.3 Å². The maximum Gasteiger partial charge on any atom is 0.341 e. The van der Waals surface area contributed by atoms with Crippen LogP contribution in [-0.2, 0) is 9.47 Å². The van der Waals surface area contributed by atoms with Crippen LogP contribution in [0.1, 0.15) is 10.4 Å². The van der Waals surface area contributed by atoms with E-state index in [-0.39, 0.29) is 18.9 Å². The van der Waals surface area contributed by atoms with E-state index in [1.807, 2.05) is 0 Å². The van der Waals surface area contributed by atoms with Crippen molar-refractivity contribution in [1.82, 2.24) is 0 Å². The van der Waals surface area contributed by atoms with Crippen molar-refractivity contribution in [3.8, 4) is 0 Å². The fourth-order valence-electron chi connectivity index (χ4n) is 1.01. The third-order valence-electron chi connectivity index (χ3n) is 1.83. The van der Waals surface area contributed by atoms with E-state index in [0.29, 0.717) is 6.07 Å². The minimum atomic E-state index is -0.951. The van der Waals surface area contributed by atoms with Crippen LogP contribution in [0.15, 0.2) is 12.1 Å². The Morgan fingerprint density at radius 3 is 2.62 bits per heavy atom. The van der Waals surface area contributed by atoms with Gasteiger partial charge in [-0.25, -0.2) is 13.6 Å². The molecule has 0 atom stereocenters. The van der Waals surface area contributed by atoms with Crippen LogP contribution >= 0.6 is 0 Å². The van der Waals surface area contributed by atoms with Gasteiger partial charge in [0.1, 0.15) is 18.2 Å². The molecule has 1 aromatic carbocycles. The molecule has 4 nitrogen and oxygen atoms in total. The van der Waals surface area contributed by atoms with Crippen molar-refractivity contribution in [2.45, 2.75) is 0 Å². The zero-order valence-corrected chi connectivity index (χ0v) is 8.63. The molecule has 2 N–H and O–H groups in total. The predicted octanol–water partition coefficient (Wildman–Crippen LogP) is 1.35. The number of carbonyl (C=O) groups is 1. The van der Waals surface area contributed by atoms with Gasteiger partial charge in [0.25, 0.3) is 0 Å². The number of rotatable bonds is 4. The molecule has 0 aliphatic heterocycles. The lowest BCUT2D eigenvalue weighted by atomic mass is 10.2. The van der Waals surface area contributed by atoms with Crippen LogP contribution in [0.3, 0.4) is 0 Å². The fraction of sp³-hybridized carbons (Fsp3) is 0.300. The Kier molecular flexibility index (Phi) is 4.19. The maximum atomic E-state index is 13.2. The molecular formula is C10H11F2NO3. The Hall–Kier alpha value is -1.69. The van der Waals surface area contributed by atoms with Gasteiger partial charge in [0.2, 0.25) is 0 Å². The first-order valence-electron chi connectivity index (χ1n) is 4.47. The molecule has 0 fully saturated rings. The number of benzene rings is 1. The van der Waals surface area contributed by atoms with Gasteiger partial charge in [-0.05, 0) is 6.07 Å². The SMILES string of the molecule is COCCOC(=O)c1cc(F)c(N)cc1F. The minimum absolute atomic E-state index is 0.0270. The number of halogens is 2. The molecule has 0 aliphatic rings. The number of anilines is 1. The van der Waals surface area contributed by atoms with E-state index in [4.69, 9.17) is 5.73 Å². The lowest BCUT2D eigenvalue weighted by molar-refractivity contribution is 0.0382. The Bertz CT molecular complexity index is 396. The van der Waals surface area contributed by atoms with Gasteiger partial charge >= 0.3 is 5.97 Å². The first-order valence-corrected chi connectivity index (χ1v) is 4.47. The van der Waals surface area contributed by atoms with Crippen molar-refractivity contribution in [1.29, 1.82) is 0 Å². The van der Waals surface area contributed by atoms with Crippen LogP contribution in [0, 0.1) is 11.6 Å². The van der Waals surface area contributed by atoms with Gasteiger partial charge in [0.05, 0.1) is 17.9 Å². The van der Waals surface area contributed by atoms with Crippen molar-refractivity contribution in [3.63, 3.8) is 0 Å². The number of nitrogens with two attached hydrogens (primary N) is 1. The third-order valence-corrected chi connectivity index (χ3v) is 1.83. The van der Waals surface area contributed by atoms with Crippen molar-refractivity contribution < 1.29 is 23.0 Å². The molecule has 0 spiro atoms. The van der Waals surface area contributed by atoms with Gasteiger partial charge in [0.15, 0.2) is 0 Å². The zero-order chi connectivity index (χ0) is 12.1. The summed E-state index contributed by atoms with van der Waals surface area (Å²) in [7, 11) is 1.43. The molecule has 0 aliphatic carbocycles. The molecule has 1 aromatic rings. The summed E-state index contributed by atoms with van der Waals surface area (Å²) >= 11 is 0. The first-order chi connectivity index (χ1) is 7.56. The molecule has 6 heteroatoms. The van der Waals surface area contributed by atoms with Crippen LogP contribution in [0.2, 0.25) is 0 Å². The molecule has 0 bridgehead atoms. The molecule has 0 radical (unpaired) electrons. The number of carbonyl (C=O) groups excluding carboxylic acids is 1. The highest BCUT2D eigenvalue weighted by Crippen LogP contribution is 2.17. The highest BCUT2D eigenvalue weighted by atomic mass is 19.1. The summed E-state index contributed by atoms with van der Waals surface area (Å²) < 4.78 is 35.5. The summed E-state index contributed by atoms with van der Waals surface area (Å²) in [6.07, 6.45) is 0. The Morgan fingerprint density at radius 2 is 2.00 bits per heavy atom. The smallest absolute Gasteiger partial charge is 0.341 e. The summed E-state index contributed by atoms with van der Waals surface area (Å²) in [4.78, 5) is 11.3. The van der Waals surface area contributed by atoms with E-state index < -0.39 is 23.2 Å². The quantitative estimate of drug-likeness (QED) is 0.482. The average Bonchev–Trinajstić information content (AvgIpc) is 2.23. The van der Waals surface area contributed by atoms with E-state index in [1.54, 1.807) is 0 Å². The van der Waals surface area contributed by atoms with E-state index in [0.717, 1.165) is 6.07 Å². The fourth-order valence-corrected chi connectivity index (χ4v) is 1.01.